The molecule has 6 rings (SSSR count). The average molecular weight is 736 g/mol. The Balaban J connectivity index is 0.000000185. The molecule has 0 aliphatic rings. The monoisotopic (exact) mass is 736 g/mol. The Morgan fingerprint density at radius 1 is 0.707 bits per heavy atom. The number of hydrogen-bond donors (Lipinski definition) is 0. The Bertz CT molecular complexity index is 1690. The third-order valence-electron chi connectivity index (χ3n) is 6.68. The van der Waals surface area contributed by atoms with Gasteiger partial charge in [-0.3, -0.25) is 0 Å². The van der Waals surface area contributed by atoms with Crippen molar-refractivity contribution >= 4 is 21.4 Å². The maximum atomic E-state index is 5.73. The van der Waals surface area contributed by atoms with Crippen LogP contribution in [0.4, 0.5) is 0 Å². The maximum Gasteiger partial charge on any atom is 0.237 e. The molecule has 1 radical (unpaired) electrons. The fourth-order valence-electron chi connectivity index (χ4n) is 4.24. The first-order valence-electron chi connectivity index (χ1n) is 13.4. The van der Waals surface area contributed by atoms with Gasteiger partial charge in [0, 0.05) is 36.6 Å². The smallest absolute Gasteiger partial charge is 0.237 e. The molecule has 3 heterocycles. The number of aromatic nitrogens is 3. The Labute approximate surface area is 260 Å². The van der Waals surface area contributed by atoms with Crippen LogP contribution in [0.2, 0.25) is 0 Å². The quantitative estimate of drug-likeness (QED) is 0.170. The fraction of sp³-hybridized carbons (Fsp3) is 0.229. The minimum atomic E-state index is 0. The zero-order chi connectivity index (χ0) is 28.3. The van der Waals surface area contributed by atoms with Crippen LogP contribution in [-0.4, -0.2) is 15.2 Å². The van der Waals surface area contributed by atoms with E-state index in [1.807, 2.05) is 42.6 Å². The van der Waals surface area contributed by atoms with E-state index >= 15 is 0 Å². The average Bonchev–Trinajstić information content (AvgIpc) is 3.64. The van der Waals surface area contributed by atoms with E-state index in [1.165, 1.54) is 21.2 Å². The van der Waals surface area contributed by atoms with E-state index in [0.717, 1.165) is 22.4 Å². The first kappa shape index (κ1) is 30.5. The second-order valence-electron chi connectivity index (χ2n) is 11.7. The summed E-state index contributed by atoms with van der Waals surface area (Å²) in [5.41, 5.74) is 6.71. The van der Waals surface area contributed by atoms with Gasteiger partial charge in [0.05, 0.1) is 0 Å². The van der Waals surface area contributed by atoms with Gasteiger partial charge in [0.2, 0.25) is 5.89 Å². The third kappa shape index (κ3) is 7.26. The molecule has 0 spiro atoms. The van der Waals surface area contributed by atoms with E-state index in [4.69, 9.17) is 4.42 Å². The Hall–Kier alpha value is -3.44. The van der Waals surface area contributed by atoms with Crippen LogP contribution in [0, 0.1) is 12.1 Å². The Morgan fingerprint density at radius 2 is 1.41 bits per heavy atom. The molecule has 0 amide bonds. The van der Waals surface area contributed by atoms with Crippen LogP contribution in [0.15, 0.2) is 94.9 Å². The molecule has 0 fully saturated rings. The van der Waals surface area contributed by atoms with E-state index in [0.29, 0.717) is 11.8 Å². The van der Waals surface area contributed by atoms with Crippen molar-refractivity contribution in [2.24, 2.45) is 0 Å². The number of hydrogen-bond acceptors (Lipinski definition) is 5. The van der Waals surface area contributed by atoms with E-state index in [1.54, 1.807) is 11.3 Å². The molecule has 0 N–H and O–H groups in total. The van der Waals surface area contributed by atoms with Crippen LogP contribution in [0.3, 0.4) is 0 Å². The molecule has 0 bridgehead atoms. The van der Waals surface area contributed by atoms with Crippen molar-refractivity contribution in [3.8, 4) is 34.2 Å². The molecular weight excluding hydrogens is 703 g/mol. The largest absolute Gasteiger partial charge is 0.464 e. The van der Waals surface area contributed by atoms with Crippen molar-refractivity contribution in [2.75, 3.05) is 0 Å². The number of thiophene rings is 1. The van der Waals surface area contributed by atoms with Crippen LogP contribution in [0.1, 0.15) is 52.7 Å². The summed E-state index contributed by atoms with van der Waals surface area (Å²) in [6.45, 7) is 13.2. The summed E-state index contributed by atoms with van der Waals surface area (Å²) < 4.78 is 7.00. The van der Waals surface area contributed by atoms with Gasteiger partial charge in [-0.05, 0) is 51.1 Å². The number of pyridine rings is 1. The van der Waals surface area contributed by atoms with Gasteiger partial charge in [-0.25, -0.2) is 0 Å². The van der Waals surface area contributed by atoms with Gasteiger partial charge in [-0.2, -0.15) is 5.10 Å². The Morgan fingerprint density at radius 3 is 2.05 bits per heavy atom. The summed E-state index contributed by atoms with van der Waals surface area (Å²) in [4.78, 5) is 4.52. The molecule has 0 saturated carbocycles. The van der Waals surface area contributed by atoms with Crippen molar-refractivity contribution in [1.82, 2.24) is 15.2 Å². The molecule has 3 aromatic carbocycles. The number of fused-ring (bicyclic) bond motifs is 1. The summed E-state index contributed by atoms with van der Waals surface area (Å²) in [7, 11) is 0. The zero-order valence-corrected chi connectivity index (χ0v) is 27.4. The van der Waals surface area contributed by atoms with Crippen LogP contribution in [0.5, 0.6) is 0 Å². The van der Waals surface area contributed by atoms with E-state index in [2.05, 4.69) is 117 Å². The van der Waals surface area contributed by atoms with Gasteiger partial charge in [0.15, 0.2) is 5.89 Å². The molecule has 6 aromatic rings. The SMILES string of the molecule is CC(C)(C)c1c[c-]c(-c2nccc3sccc23)cc1.CC(C)(C)c1ccc(-c2nnc(-c3[c-]cccc3)o2)cc1.[Ir]. The van der Waals surface area contributed by atoms with Gasteiger partial charge < -0.3 is 9.40 Å². The molecule has 211 valence electrons. The van der Waals surface area contributed by atoms with Crippen LogP contribution < -0.4 is 0 Å². The molecule has 0 aliphatic heterocycles. The fourth-order valence-corrected chi connectivity index (χ4v) is 5.02. The van der Waals surface area contributed by atoms with Gasteiger partial charge >= 0.3 is 0 Å². The van der Waals surface area contributed by atoms with Gasteiger partial charge in [0.25, 0.3) is 0 Å². The Kier molecular flexibility index (Phi) is 9.38. The minimum absolute atomic E-state index is 0. The van der Waals surface area contributed by atoms with E-state index in [9.17, 15) is 0 Å². The van der Waals surface area contributed by atoms with Gasteiger partial charge in [-0.15, -0.1) is 82.2 Å². The topological polar surface area (TPSA) is 51.8 Å². The summed E-state index contributed by atoms with van der Waals surface area (Å²) in [5, 5.41) is 11.5. The number of nitrogens with zero attached hydrogens (tertiary/aromatic N) is 3. The summed E-state index contributed by atoms with van der Waals surface area (Å²) in [6.07, 6.45) is 1.87. The molecule has 0 atom stereocenters. The second kappa shape index (κ2) is 12.6. The van der Waals surface area contributed by atoms with Gasteiger partial charge in [-0.1, -0.05) is 65.3 Å². The molecule has 41 heavy (non-hydrogen) atoms. The first-order chi connectivity index (χ1) is 19.1. The second-order valence-corrected chi connectivity index (χ2v) is 12.7. The standard InChI is InChI=1S/C18H17N2O.C17H16NS.Ir/c1-18(2,3)15-11-9-14(10-12-15)17-20-19-16(21-17)13-7-5-4-6-8-13;1-17(2,3)13-6-4-12(5-7-13)16-14-9-11-19-15(14)8-10-18-16;/h4-7,9-12H,1-3H3;4,6-11H,1-3H3;/q2*-1;. The summed E-state index contributed by atoms with van der Waals surface area (Å²) in [6, 6.07) is 32.9. The van der Waals surface area contributed by atoms with Crippen molar-refractivity contribution in [2.45, 2.75) is 52.4 Å². The van der Waals surface area contributed by atoms with Gasteiger partial charge in [0.1, 0.15) is 0 Å². The van der Waals surface area contributed by atoms with Crippen LogP contribution in [-0.2, 0) is 30.9 Å². The third-order valence-corrected chi connectivity index (χ3v) is 7.56. The molecule has 0 unspecified atom stereocenters. The predicted octanol–water partition coefficient (Wildman–Crippen LogP) is 9.56. The number of benzene rings is 3. The summed E-state index contributed by atoms with van der Waals surface area (Å²) in [5.74, 6) is 1.02. The molecule has 0 aliphatic carbocycles. The van der Waals surface area contributed by atoms with Crippen molar-refractivity contribution in [1.29, 1.82) is 0 Å². The minimum Gasteiger partial charge on any atom is -0.464 e. The van der Waals surface area contributed by atoms with E-state index in [-0.39, 0.29) is 30.9 Å². The molecule has 6 heteroatoms. The molecule has 3 aromatic heterocycles. The van der Waals surface area contributed by atoms with Crippen molar-refractivity contribution in [3.05, 3.63) is 114 Å². The van der Waals surface area contributed by atoms with Crippen LogP contribution in [0.25, 0.3) is 44.3 Å². The summed E-state index contributed by atoms with van der Waals surface area (Å²) >= 11 is 1.75. The van der Waals surface area contributed by atoms with E-state index < -0.39 is 0 Å². The van der Waals surface area contributed by atoms with Crippen molar-refractivity contribution in [3.63, 3.8) is 0 Å². The maximum absolute atomic E-state index is 5.73. The normalized spacial score (nSPS) is 11.5. The van der Waals surface area contributed by atoms with Crippen molar-refractivity contribution < 1.29 is 24.5 Å². The first-order valence-corrected chi connectivity index (χ1v) is 14.2. The molecule has 4 nitrogen and oxygen atoms in total. The molecule has 0 saturated heterocycles. The van der Waals surface area contributed by atoms with Crippen LogP contribution >= 0.6 is 11.3 Å². The predicted molar refractivity (Wildman–Crippen MR) is 165 cm³/mol. The molecular formula is C35H33IrN3OS-2. The number of rotatable bonds is 3. The zero-order valence-electron chi connectivity index (χ0n) is 24.2.